The highest BCUT2D eigenvalue weighted by Gasteiger charge is 2.45. The second-order valence-electron chi connectivity index (χ2n) is 11.1. The van der Waals surface area contributed by atoms with Crippen LogP contribution in [-0.4, -0.2) is 56.9 Å². The number of allylic oxidation sites excluding steroid dienone is 8. The monoisotopic (exact) mass is 582 g/mol. The highest BCUT2D eigenvalue weighted by molar-refractivity contribution is 5.98. The lowest BCUT2D eigenvalue weighted by molar-refractivity contribution is -0.139. The molecule has 4 unspecified atom stereocenters. The van der Waals surface area contributed by atoms with Gasteiger partial charge in [0.1, 0.15) is 0 Å². The van der Waals surface area contributed by atoms with Crippen molar-refractivity contribution in [2.45, 2.75) is 91.4 Å². The summed E-state index contributed by atoms with van der Waals surface area (Å²) in [6.07, 6.45) is 7.05. The maximum atomic E-state index is 14.2. The van der Waals surface area contributed by atoms with Crippen LogP contribution in [0, 0.1) is 5.92 Å². The van der Waals surface area contributed by atoms with E-state index in [1.54, 1.807) is 6.08 Å². The van der Waals surface area contributed by atoms with E-state index in [4.69, 9.17) is 5.11 Å². The molecule has 7 nitrogen and oxygen atoms in total. The van der Waals surface area contributed by atoms with E-state index in [0.717, 1.165) is 22.5 Å². The summed E-state index contributed by atoms with van der Waals surface area (Å²) in [7, 11) is 0. The standard InChI is InChI=1S/C34H47FN2O5/c1-7-9-15-26(8-2)36-34(42)31-30(25-13-11-10-12-14-25)33(23(5)16-17-24(6)35)37(32(31)22(3)4)19-18-27(38)20-28(39)21-29(40)41/h7,9-17,22,27-28,30,33,38-39H,8,18-21H2,1-6H3,(H,36,42)(H,40,41). The molecule has 0 saturated carbocycles. The Labute approximate surface area is 249 Å². The third-order valence-electron chi connectivity index (χ3n) is 7.34. The third kappa shape index (κ3) is 9.81. The summed E-state index contributed by atoms with van der Waals surface area (Å²) < 4.78 is 13.8. The van der Waals surface area contributed by atoms with Crippen molar-refractivity contribution in [1.82, 2.24) is 10.2 Å². The second-order valence-corrected chi connectivity index (χ2v) is 11.1. The van der Waals surface area contributed by atoms with E-state index in [1.165, 1.54) is 13.0 Å². The summed E-state index contributed by atoms with van der Waals surface area (Å²) in [5.41, 5.74) is 4.02. The van der Waals surface area contributed by atoms with Crippen LogP contribution in [0.1, 0.15) is 78.7 Å². The number of rotatable bonds is 15. The van der Waals surface area contributed by atoms with E-state index in [1.807, 2.05) is 83.2 Å². The lowest BCUT2D eigenvalue weighted by Crippen LogP contribution is -2.38. The molecule has 0 saturated heterocycles. The van der Waals surface area contributed by atoms with Gasteiger partial charge in [0.05, 0.1) is 30.5 Å². The molecular weight excluding hydrogens is 535 g/mol. The van der Waals surface area contributed by atoms with Gasteiger partial charge >= 0.3 is 5.97 Å². The Morgan fingerprint density at radius 1 is 1.07 bits per heavy atom. The number of nitrogens with zero attached hydrogens (tertiary/aromatic N) is 1. The van der Waals surface area contributed by atoms with Gasteiger partial charge in [-0.1, -0.05) is 69.3 Å². The Hall–Kier alpha value is -3.49. The fourth-order valence-electron chi connectivity index (χ4n) is 5.50. The number of aliphatic hydroxyl groups is 2. The molecule has 1 heterocycles. The Kier molecular flexibility index (Phi) is 13.9. The van der Waals surface area contributed by atoms with Crippen molar-refractivity contribution in [3.8, 4) is 0 Å². The molecule has 0 radical (unpaired) electrons. The lowest BCUT2D eigenvalue weighted by Gasteiger charge is -2.35. The number of carboxylic acid groups (broad SMARTS) is 1. The van der Waals surface area contributed by atoms with E-state index in [0.29, 0.717) is 18.5 Å². The number of carboxylic acids is 1. The summed E-state index contributed by atoms with van der Waals surface area (Å²) >= 11 is 0. The summed E-state index contributed by atoms with van der Waals surface area (Å²) in [6, 6.07) is 9.42. The van der Waals surface area contributed by atoms with Crippen molar-refractivity contribution >= 4 is 11.9 Å². The first-order valence-corrected chi connectivity index (χ1v) is 14.7. The first-order chi connectivity index (χ1) is 19.9. The van der Waals surface area contributed by atoms with E-state index in [-0.39, 0.29) is 42.5 Å². The maximum Gasteiger partial charge on any atom is 0.305 e. The Morgan fingerprint density at radius 3 is 2.29 bits per heavy atom. The topological polar surface area (TPSA) is 110 Å². The van der Waals surface area contributed by atoms with Gasteiger partial charge in [0.2, 0.25) is 0 Å². The van der Waals surface area contributed by atoms with Crippen molar-refractivity contribution in [3.63, 3.8) is 0 Å². The third-order valence-corrected chi connectivity index (χ3v) is 7.34. The number of aliphatic hydroxyl groups excluding tert-OH is 2. The SMILES string of the molecule is CC=CC=C(CC)NC(=O)C1=C(C(C)C)N(CCC(O)CC(O)CC(=O)O)C(C(C)=CC=C(C)F)C1c1ccccc1. The Bertz CT molecular complexity index is 1210. The molecule has 1 aromatic carbocycles. The summed E-state index contributed by atoms with van der Waals surface area (Å²) in [4.78, 5) is 27.3. The van der Waals surface area contributed by atoms with E-state index in [2.05, 4.69) is 10.2 Å². The minimum atomic E-state index is -1.17. The molecular formula is C34H47FN2O5. The fourth-order valence-corrected chi connectivity index (χ4v) is 5.50. The highest BCUT2D eigenvalue weighted by atomic mass is 19.1. The summed E-state index contributed by atoms with van der Waals surface area (Å²) in [5.74, 6) is -2.11. The second kappa shape index (κ2) is 16.8. The normalized spacial score (nSPS) is 20.0. The molecule has 1 aliphatic rings. The maximum absolute atomic E-state index is 14.2. The summed E-state index contributed by atoms with van der Waals surface area (Å²) in [6.45, 7) is 11.6. The van der Waals surface area contributed by atoms with Crippen molar-refractivity contribution in [2.75, 3.05) is 6.54 Å². The molecule has 1 aliphatic heterocycles. The van der Waals surface area contributed by atoms with Gasteiger partial charge in [-0.2, -0.15) is 0 Å². The fraction of sp³-hybridized carbons (Fsp3) is 0.471. The van der Waals surface area contributed by atoms with Gasteiger partial charge in [-0.15, -0.1) is 0 Å². The van der Waals surface area contributed by atoms with Crippen LogP contribution >= 0.6 is 0 Å². The number of hydrogen-bond donors (Lipinski definition) is 4. The first-order valence-electron chi connectivity index (χ1n) is 14.7. The average molecular weight is 583 g/mol. The van der Waals surface area contributed by atoms with Gasteiger partial charge in [0, 0.05) is 29.4 Å². The van der Waals surface area contributed by atoms with E-state index in [9.17, 15) is 24.2 Å². The Balaban J connectivity index is 2.68. The molecule has 4 atom stereocenters. The lowest BCUT2D eigenvalue weighted by atomic mass is 9.82. The molecule has 8 heteroatoms. The number of halogens is 1. The Morgan fingerprint density at radius 2 is 1.74 bits per heavy atom. The van der Waals surface area contributed by atoms with Crippen molar-refractivity contribution in [2.24, 2.45) is 5.92 Å². The number of amides is 1. The predicted molar refractivity (Wildman–Crippen MR) is 165 cm³/mol. The minimum Gasteiger partial charge on any atom is -0.481 e. The van der Waals surface area contributed by atoms with Crippen molar-refractivity contribution < 1.29 is 29.3 Å². The van der Waals surface area contributed by atoms with Crippen LogP contribution in [0.15, 0.2) is 89.1 Å². The molecule has 42 heavy (non-hydrogen) atoms. The quantitative estimate of drug-likeness (QED) is 0.185. The number of nitrogens with one attached hydrogen (secondary N) is 1. The zero-order chi connectivity index (χ0) is 31.4. The van der Waals surface area contributed by atoms with E-state index >= 15 is 0 Å². The average Bonchev–Trinajstić information content (AvgIpc) is 3.28. The van der Waals surface area contributed by atoms with Crippen LogP contribution in [0.25, 0.3) is 0 Å². The first kappa shape index (κ1) is 34.7. The number of benzene rings is 1. The molecule has 1 amide bonds. The molecule has 1 aromatic rings. The van der Waals surface area contributed by atoms with Gasteiger partial charge in [0.25, 0.3) is 5.91 Å². The van der Waals surface area contributed by atoms with Crippen LogP contribution in [0.2, 0.25) is 0 Å². The summed E-state index contributed by atoms with van der Waals surface area (Å²) in [5, 5.41) is 32.9. The molecule has 0 spiro atoms. The number of aliphatic carboxylic acids is 1. The molecule has 230 valence electrons. The molecule has 0 aromatic heterocycles. The van der Waals surface area contributed by atoms with Crippen LogP contribution in [0.5, 0.6) is 0 Å². The van der Waals surface area contributed by atoms with Gasteiger partial charge < -0.3 is 25.5 Å². The zero-order valence-electron chi connectivity index (χ0n) is 25.7. The number of carbonyl (C=O) groups excluding carboxylic acids is 1. The van der Waals surface area contributed by atoms with Crippen LogP contribution in [-0.2, 0) is 9.59 Å². The molecule has 0 aliphatic carbocycles. The number of hydrogen-bond acceptors (Lipinski definition) is 5. The molecule has 4 N–H and O–H groups in total. The van der Waals surface area contributed by atoms with Gasteiger partial charge in [-0.25, -0.2) is 4.39 Å². The zero-order valence-corrected chi connectivity index (χ0v) is 25.7. The largest absolute Gasteiger partial charge is 0.481 e. The van der Waals surface area contributed by atoms with Gasteiger partial charge in [-0.05, 0) is 69.2 Å². The van der Waals surface area contributed by atoms with Gasteiger partial charge in [0.15, 0.2) is 0 Å². The molecule has 0 fully saturated rings. The van der Waals surface area contributed by atoms with Crippen molar-refractivity contribution in [3.05, 3.63) is 94.6 Å². The van der Waals surface area contributed by atoms with Gasteiger partial charge in [-0.3, -0.25) is 9.59 Å². The highest BCUT2D eigenvalue weighted by Crippen LogP contribution is 2.46. The molecule has 0 bridgehead atoms. The van der Waals surface area contributed by atoms with Crippen LogP contribution in [0.4, 0.5) is 4.39 Å². The number of carbonyl (C=O) groups is 2. The molecule has 2 rings (SSSR count). The van der Waals surface area contributed by atoms with Crippen LogP contribution < -0.4 is 5.32 Å². The predicted octanol–water partition coefficient (Wildman–Crippen LogP) is 6.15. The minimum absolute atomic E-state index is 0.0625. The van der Waals surface area contributed by atoms with Crippen LogP contribution in [0.3, 0.4) is 0 Å². The van der Waals surface area contributed by atoms with E-state index < -0.39 is 24.6 Å². The van der Waals surface area contributed by atoms with Crippen molar-refractivity contribution in [1.29, 1.82) is 0 Å². The smallest absolute Gasteiger partial charge is 0.305 e.